The predicted octanol–water partition coefficient (Wildman–Crippen LogP) is 3.76. The van der Waals surface area contributed by atoms with Crippen LogP contribution in [0.5, 0.6) is 0 Å². The minimum absolute atomic E-state index is 0.148. The molecular weight excluding hydrogens is 382 g/mol. The predicted molar refractivity (Wildman–Crippen MR) is 115 cm³/mol. The van der Waals surface area contributed by atoms with E-state index in [2.05, 4.69) is 23.4 Å². The molecule has 3 aromatic rings. The molecule has 158 valence electrons. The molecule has 0 atom stereocenters. The van der Waals surface area contributed by atoms with Gasteiger partial charge < -0.3 is 13.9 Å². The van der Waals surface area contributed by atoms with E-state index in [0.717, 1.165) is 11.4 Å². The number of ketones is 1. The van der Waals surface area contributed by atoms with Crippen molar-refractivity contribution in [1.82, 2.24) is 14.1 Å². The Labute approximate surface area is 175 Å². The molecule has 0 saturated carbocycles. The van der Waals surface area contributed by atoms with Crippen LogP contribution in [0.1, 0.15) is 64.6 Å². The van der Waals surface area contributed by atoms with Crippen LogP contribution in [0.25, 0.3) is 11.0 Å². The lowest BCUT2D eigenvalue weighted by atomic mass is 10.1. The van der Waals surface area contributed by atoms with E-state index >= 15 is 0 Å². The first-order valence-corrected chi connectivity index (χ1v) is 10.1. The van der Waals surface area contributed by atoms with Gasteiger partial charge in [-0.15, -0.1) is 0 Å². The van der Waals surface area contributed by atoms with E-state index in [1.165, 1.54) is 0 Å². The molecule has 2 heterocycles. The number of hydrogen-bond acceptors (Lipinski definition) is 5. The summed E-state index contributed by atoms with van der Waals surface area (Å²) < 4.78 is 8.97. The van der Waals surface area contributed by atoms with Crippen molar-refractivity contribution in [1.29, 1.82) is 0 Å². The van der Waals surface area contributed by atoms with Crippen LogP contribution in [0.2, 0.25) is 0 Å². The number of esters is 1. The van der Waals surface area contributed by atoms with Gasteiger partial charge in [0.2, 0.25) is 5.78 Å². The fourth-order valence-electron chi connectivity index (χ4n) is 3.96. The summed E-state index contributed by atoms with van der Waals surface area (Å²) in [4.78, 5) is 41.7. The number of carbonyl (C=O) groups is 2. The zero-order chi connectivity index (χ0) is 22.2. The Morgan fingerprint density at radius 2 is 1.83 bits per heavy atom. The van der Waals surface area contributed by atoms with Crippen LogP contribution < -0.4 is 5.56 Å². The second-order valence-corrected chi connectivity index (χ2v) is 7.70. The molecule has 0 aliphatic carbocycles. The lowest BCUT2D eigenvalue weighted by molar-refractivity contribution is 0.0474. The van der Waals surface area contributed by atoms with Gasteiger partial charge in [-0.3, -0.25) is 9.59 Å². The fraction of sp³-hybridized carbons (Fsp3) is 0.391. The third kappa shape index (κ3) is 3.79. The molecule has 30 heavy (non-hydrogen) atoms. The standard InChI is InChI=1S/C23H27N3O4/c1-7-25-20-9-8-17(11-19(20)24-15(5)22(25)28)23(29)30-12-21(27)18-10-14(4)26(13(2)3)16(18)6/h8-11,13H,7,12H2,1-6H3. The monoisotopic (exact) mass is 409 g/mol. The van der Waals surface area contributed by atoms with Gasteiger partial charge in [0, 0.05) is 29.5 Å². The number of fused-ring (bicyclic) bond motifs is 1. The van der Waals surface area contributed by atoms with E-state index in [1.54, 1.807) is 29.7 Å². The number of rotatable bonds is 6. The van der Waals surface area contributed by atoms with Gasteiger partial charge in [-0.05, 0) is 65.8 Å². The zero-order valence-electron chi connectivity index (χ0n) is 18.3. The van der Waals surface area contributed by atoms with E-state index in [-0.39, 0.29) is 29.6 Å². The Morgan fingerprint density at radius 3 is 2.43 bits per heavy atom. The average Bonchev–Trinajstić information content (AvgIpc) is 3.00. The maximum Gasteiger partial charge on any atom is 0.338 e. The normalized spacial score (nSPS) is 11.3. The molecule has 0 fully saturated rings. The largest absolute Gasteiger partial charge is 0.454 e. The minimum Gasteiger partial charge on any atom is -0.454 e. The molecule has 0 aliphatic heterocycles. The Kier molecular flexibility index (Phi) is 5.92. The highest BCUT2D eigenvalue weighted by atomic mass is 16.5. The molecule has 1 aromatic carbocycles. The number of hydrogen-bond donors (Lipinski definition) is 0. The van der Waals surface area contributed by atoms with Gasteiger partial charge in [-0.25, -0.2) is 9.78 Å². The molecule has 0 N–H and O–H groups in total. The van der Waals surface area contributed by atoms with Crippen LogP contribution in [0.4, 0.5) is 0 Å². The van der Waals surface area contributed by atoms with Gasteiger partial charge in [0.05, 0.1) is 16.6 Å². The number of benzene rings is 1. The molecule has 7 nitrogen and oxygen atoms in total. The summed E-state index contributed by atoms with van der Waals surface area (Å²) in [7, 11) is 0. The quantitative estimate of drug-likeness (QED) is 0.457. The highest BCUT2D eigenvalue weighted by Crippen LogP contribution is 2.21. The first-order valence-electron chi connectivity index (χ1n) is 10.1. The number of carbonyl (C=O) groups excluding carboxylic acids is 2. The van der Waals surface area contributed by atoms with Crippen molar-refractivity contribution < 1.29 is 14.3 Å². The molecule has 2 aromatic heterocycles. The number of ether oxygens (including phenoxy) is 1. The number of nitrogens with zero attached hydrogens (tertiary/aromatic N) is 3. The molecule has 0 spiro atoms. The van der Waals surface area contributed by atoms with Crippen LogP contribution in [-0.4, -0.2) is 32.5 Å². The van der Waals surface area contributed by atoms with E-state index in [0.29, 0.717) is 28.8 Å². The lowest BCUT2D eigenvalue weighted by Gasteiger charge is -2.13. The summed E-state index contributed by atoms with van der Waals surface area (Å²) in [5, 5.41) is 0. The Hall–Kier alpha value is -3.22. The van der Waals surface area contributed by atoms with Crippen molar-refractivity contribution >= 4 is 22.8 Å². The van der Waals surface area contributed by atoms with Crippen molar-refractivity contribution in [2.24, 2.45) is 0 Å². The second-order valence-electron chi connectivity index (χ2n) is 7.70. The van der Waals surface area contributed by atoms with Gasteiger partial charge in [-0.2, -0.15) is 0 Å². The topological polar surface area (TPSA) is 83.2 Å². The Morgan fingerprint density at radius 1 is 1.13 bits per heavy atom. The number of Topliss-reactive ketones (excluding diaryl/α,β-unsaturated/α-hetero) is 1. The smallest absolute Gasteiger partial charge is 0.338 e. The van der Waals surface area contributed by atoms with Gasteiger partial charge >= 0.3 is 5.97 Å². The minimum atomic E-state index is -0.600. The van der Waals surface area contributed by atoms with Gasteiger partial charge in [-0.1, -0.05) is 0 Å². The fourth-order valence-corrected chi connectivity index (χ4v) is 3.96. The Balaban J connectivity index is 1.81. The number of aryl methyl sites for hydroxylation is 3. The SMILES string of the molecule is CCn1c(=O)c(C)nc2cc(C(=O)OCC(=O)c3cc(C)n(C(C)C)c3C)ccc21. The first-order chi connectivity index (χ1) is 14.1. The van der Waals surface area contributed by atoms with Crippen molar-refractivity contribution in [3.05, 3.63) is 62.8 Å². The molecule has 0 saturated heterocycles. The highest BCUT2D eigenvalue weighted by molar-refractivity contribution is 6.01. The molecule has 0 radical (unpaired) electrons. The molecule has 0 bridgehead atoms. The lowest BCUT2D eigenvalue weighted by Crippen LogP contribution is -2.23. The Bertz CT molecular complexity index is 1200. The summed E-state index contributed by atoms with van der Waals surface area (Å²) in [6.07, 6.45) is 0. The van der Waals surface area contributed by atoms with Crippen molar-refractivity contribution in [3.63, 3.8) is 0 Å². The van der Waals surface area contributed by atoms with E-state index in [9.17, 15) is 14.4 Å². The maximum absolute atomic E-state index is 12.6. The van der Waals surface area contributed by atoms with Crippen molar-refractivity contribution in [2.75, 3.05) is 6.61 Å². The number of aromatic nitrogens is 3. The molecule has 0 unspecified atom stereocenters. The van der Waals surface area contributed by atoms with Crippen LogP contribution in [-0.2, 0) is 11.3 Å². The van der Waals surface area contributed by atoms with Crippen LogP contribution in [0, 0.1) is 20.8 Å². The molecule has 0 amide bonds. The summed E-state index contributed by atoms with van der Waals surface area (Å²) >= 11 is 0. The van der Waals surface area contributed by atoms with E-state index < -0.39 is 5.97 Å². The van der Waals surface area contributed by atoms with E-state index in [4.69, 9.17) is 4.74 Å². The zero-order valence-corrected chi connectivity index (χ0v) is 18.3. The summed E-state index contributed by atoms with van der Waals surface area (Å²) in [5.74, 6) is -0.838. The van der Waals surface area contributed by atoms with Crippen LogP contribution in [0.3, 0.4) is 0 Å². The first kappa shape index (κ1) is 21.5. The van der Waals surface area contributed by atoms with Gasteiger partial charge in [0.1, 0.15) is 5.69 Å². The molecular formula is C23H27N3O4. The average molecular weight is 409 g/mol. The highest BCUT2D eigenvalue weighted by Gasteiger charge is 2.19. The van der Waals surface area contributed by atoms with Crippen molar-refractivity contribution in [2.45, 2.75) is 54.1 Å². The molecule has 3 rings (SSSR count). The second kappa shape index (κ2) is 8.26. The summed E-state index contributed by atoms with van der Waals surface area (Å²) in [6, 6.07) is 6.93. The maximum atomic E-state index is 12.6. The van der Waals surface area contributed by atoms with Crippen LogP contribution >= 0.6 is 0 Å². The molecule has 0 aliphatic rings. The van der Waals surface area contributed by atoms with Gasteiger partial charge in [0.15, 0.2) is 6.61 Å². The van der Waals surface area contributed by atoms with Gasteiger partial charge in [0.25, 0.3) is 5.56 Å². The summed E-state index contributed by atoms with van der Waals surface area (Å²) in [6.45, 7) is 11.7. The van der Waals surface area contributed by atoms with Crippen LogP contribution in [0.15, 0.2) is 29.1 Å². The third-order valence-electron chi connectivity index (χ3n) is 5.30. The van der Waals surface area contributed by atoms with E-state index in [1.807, 2.05) is 26.8 Å². The van der Waals surface area contributed by atoms with Crippen molar-refractivity contribution in [3.8, 4) is 0 Å². The molecule has 7 heteroatoms. The third-order valence-corrected chi connectivity index (χ3v) is 5.30. The summed E-state index contributed by atoms with van der Waals surface area (Å²) in [5.41, 5.74) is 4.13.